The third kappa shape index (κ3) is 12.1. The zero-order valence-electron chi connectivity index (χ0n) is 10.2. The van der Waals surface area contributed by atoms with Gasteiger partial charge in [-0.3, -0.25) is 4.79 Å². The third-order valence-corrected chi connectivity index (χ3v) is 4.67. The maximum atomic E-state index is 11.3. The summed E-state index contributed by atoms with van der Waals surface area (Å²) < 4.78 is 0. The summed E-state index contributed by atoms with van der Waals surface area (Å²) in [5.74, 6) is 1.80. The van der Waals surface area contributed by atoms with Gasteiger partial charge in [0.05, 0.1) is 0 Å². The van der Waals surface area contributed by atoms with E-state index in [2.05, 4.69) is 33.0 Å². The van der Waals surface area contributed by atoms with E-state index in [9.17, 15) is 4.79 Å². The van der Waals surface area contributed by atoms with E-state index in [0.717, 1.165) is 18.7 Å². The van der Waals surface area contributed by atoms with E-state index in [4.69, 9.17) is 0 Å². The Morgan fingerprint density at radius 1 is 1.33 bits per heavy atom. The van der Waals surface area contributed by atoms with E-state index in [1.807, 2.05) is 21.6 Å². The first kappa shape index (κ1) is 15.2. The van der Waals surface area contributed by atoms with E-state index < -0.39 is 0 Å². The second-order valence-corrected chi connectivity index (χ2v) is 7.31. The van der Waals surface area contributed by atoms with Crippen LogP contribution in [0.5, 0.6) is 0 Å². The molecular formula is C11H25NOS2. The highest BCUT2D eigenvalue weighted by atomic mass is 33.1. The fourth-order valence-corrected chi connectivity index (χ4v) is 2.83. The van der Waals surface area contributed by atoms with Crippen LogP contribution in [-0.2, 0) is 4.79 Å². The Kier molecular flexibility index (Phi) is 9.51. The predicted octanol–water partition coefficient (Wildman–Crippen LogP) is 3.57. The van der Waals surface area contributed by atoms with Crippen LogP contribution in [0.4, 0.5) is 0 Å². The van der Waals surface area contributed by atoms with Crippen molar-refractivity contribution in [3.8, 4) is 0 Å². The minimum absolute atomic E-state index is 0. The highest BCUT2D eigenvalue weighted by molar-refractivity contribution is 8.76. The molecule has 0 atom stereocenters. The van der Waals surface area contributed by atoms with Gasteiger partial charge in [0, 0.05) is 25.4 Å². The Labute approximate surface area is 103 Å². The average Bonchev–Trinajstić information content (AvgIpc) is 2.13. The first-order chi connectivity index (χ1) is 7.02. The zero-order chi connectivity index (χ0) is 11.7. The number of carbonyl (C=O) groups is 1. The minimum Gasteiger partial charge on any atom is -0.355 e. The normalized spacial score (nSPS) is 11.1. The number of nitrogens with one attached hydrogen (secondary N) is 1. The minimum atomic E-state index is 0. The van der Waals surface area contributed by atoms with Crippen LogP contribution >= 0.6 is 21.6 Å². The van der Waals surface area contributed by atoms with Crippen LogP contribution in [0.25, 0.3) is 0 Å². The highest BCUT2D eigenvalue weighted by Crippen LogP contribution is 2.25. The van der Waals surface area contributed by atoms with Crippen molar-refractivity contribution in [2.75, 3.05) is 12.3 Å². The van der Waals surface area contributed by atoms with E-state index in [-0.39, 0.29) is 7.33 Å². The van der Waals surface area contributed by atoms with Crippen molar-refractivity contribution in [2.45, 2.75) is 45.8 Å². The molecule has 0 spiro atoms. The zero-order valence-corrected chi connectivity index (χ0v) is 11.8. The van der Waals surface area contributed by atoms with Gasteiger partial charge in [0.1, 0.15) is 0 Å². The van der Waals surface area contributed by atoms with Crippen molar-refractivity contribution >= 4 is 27.5 Å². The molecule has 0 aliphatic carbocycles. The van der Waals surface area contributed by atoms with Gasteiger partial charge in [-0.15, -0.1) is 0 Å². The molecule has 2 nitrogen and oxygen atoms in total. The Morgan fingerprint density at radius 2 is 2.00 bits per heavy atom. The van der Waals surface area contributed by atoms with Gasteiger partial charge in [-0.1, -0.05) is 49.3 Å². The summed E-state index contributed by atoms with van der Waals surface area (Å²) in [7, 11) is 3.70. The predicted molar refractivity (Wildman–Crippen MR) is 74.4 cm³/mol. The van der Waals surface area contributed by atoms with E-state index in [1.165, 1.54) is 0 Å². The van der Waals surface area contributed by atoms with Gasteiger partial charge in [-0.05, 0) is 12.3 Å². The number of amides is 1. The molecule has 0 aromatic rings. The van der Waals surface area contributed by atoms with Crippen LogP contribution in [0, 0.1) is 5.92 Å². The molecule has 4 heteroatoms. The van der Waals surface area contributed by atoms with Crippen LogP contribution in [0.2, 0.25) is 0 Å². The average molecular weight is 251 g/mol. The molecule has 0 radical (unpaired) electrons. The van der Waals surface area contributed by atoms with Crippen molar-refractivity contribution in [3.63, 3.8) is 0 Å². The molecule has 1 N–H and O–H groups in total. The molecule has 0 aliphatic rings. The van der Waals surface area contributed by atoms with Gasteiger partial charge in [-0.25, -0.2) is 0 Å². The molecule has 0 heterocycles. The molecule has 0 aromatic heterocycles. The fraction of sp³-hybridized carbons (Fsp3) is 0.909. The molecule has 0 rings (SSSR count). The molecule has 0 fully saturated rings. The molecule has 15 heavy (non-hydrogen) atoms. The van der Waals surface area contributed by atoms with Gasteiger partial charge in [-0.2, -0.15) is 0 Å². The molecule has 0 bridgehead atoms. The molecule has 0 aliphatic heterocycles. The molecule has 0 unspecified atom stereocenters. The Bertz CT molecular complexity index is 177. The van der Waals surface area contributed by atoms with Crippen molar-refractivity contribution in [1.29, 1.82) is 0 Å². The van der Waals surface area contributed by atoms with Gasteiger partial charge in [0.2, 0.25) is 5.91 Å². The SMILES string of the molecule is CC(C)CCC(=O)NCCSSC(C)C.[HH]. The lowest BCUT2D eigenvalue weighted by Crippen LogP contribution is -2.25. The third-order valence-electron chi connectivity index (χ3n) is 1.72. The quantitative estimate of drug-likeness (QED) is 0.528. The maximum Gasteiger partial charge on any atom is 0.220 e. The van der Waals surface area contributed by atoms with Crippen molar-refractivity contribution in [1.82, 2.24) is 5.32 Å². The summed E-state index contributed by atoms with van der Waals surface area (Å²) in [4.78, 5) is 11.3. The van der Waals surface area contributed by atoms with E-state index in [0.29, 0.717) is 17.6 Å². The van der Waals surface area contributed by atoms with Gasteiger partial charge < -0.3 is 5.32 Å². The Balaban J connectivity index is 0. The van der Waals surface area contributed by atoms with Gasteiger partial charge in [0.15, 0.2) is 0 Å². The maximum absolute atomic E-state index is 11.3. The largest absolute Gasteiger partial charge is 0.355 e. The smallest absolute Gasteiger partial charge is 0.220 e. The molecule has 1 amide bonds. The highest BCUT2D eigenvalue weighted by Gasteiger charge is 2.02. The first-order valence-electron chi connectivity index (χ1n) is 5.57. The summed E-state index contributed by atoms with van der Waals surface area (Å²) >= 11 is 0. The van der Waals surface area contributed by atoms with Crippen molar-refractivity contribution in [3.05, 3.63) is 0 Å². The van der Waals surface area contributed by atoms with Crippen LogP contribution in [-0.4, -0.2) is 23.5 Å². The topological polar surface area (TPSA) is 29.1 Å². The van der Waals surface area contributed by atoms with Gasteiger partial charge in [0.25, 0.3) is 0 Å². The fourth-order valence-electron chi connectivity index (χ4n) is 0.924. The lowest BCUT2D eigenvalue weighted by Gasteiger charge is -2.07. The lowest BCUT2D eigenvalue weighted by molar-refractivity contribution is -0.121. The van der Waals surface area contributed by atoms with Crippen LogP contribution in [0.3, 0.4) is 0 Å². The summed E-state index contributed by atoms with van der Waals surface area (Å²) in [5.41, 5.74) is 0. The van der Waals surface area contributed by atoms with E-state index >= 15 is 0 Å². The summed E-state index contributed by atoms with van der Waals surface area (Å²) in [6, 6.07) is 0. The van der Waals surface area contributed by atoms with Gasteiger partial charge >= 0.3 is 0 Å². The lowest BCUT2D eigenvalue weighted by atomic mass is 10.1. The second kappa shape index (κ2) is 9.40. The number of hydrogen-bond acceptors (Lipinski definition) is 3. The van der Waals surface area contributed by atoms with Crippen LogP contribution in [0.1, 0.15) is 42.0 Å². The summed E-state index contributed by atoms with van der Waals surface area (Å²) in [5, 5.41) is 3.60. The van der Waals surface area contributed by atoms with Crippen LogP contribution in [0.15, 0.2) is 0 Å². The number of hydrogen-bond donors (Lipinski definition) is 1. The first-order valence-corrected chi connectivity index (χ1v) is 7.95. The second-order valence-electron chi connectivity index (χ2n) is 4.25. The number of carbonyl (C=O) groups excluding carboxylic acids is 1. The summed E-state index contributed by atoms with van der Waals surface area (Å²) in [6.07, 6.45) is 1.65. The molecule has 0 saturated heterocycles. The molecule has 0 saturated carbocycles. The van der Waals surface area contributed by atoms with Crippen LogP contribution < -0.4 is 5.32 Å². The standard InChI is InChI=1S/C11H23NOS2.H2/c1-9(2)5-6-11(13)12-7-8-14-15-10(3)4;/h9-10H,5-8H2,1-4H3,(H,12,13);1H. The van der Waals surface area contributed by atoms with Crippen molar-refractivity contribution in [2.24, 2.45) is 5.92 Å². The Morgan fingerprint density at radius 3 is 2.53 bits per heavy atom. The molecular weight excluding hydrogens is 226 g/mol. The van der Waals surface area contributed by atoms with E-state index in [1.54, 1.807) is 0 Å². The molecule has 0 aromatic carbocycles. The monoisotopic (exact) mass is 251 g/mol. The summed E-state index contributed by atoms with van der Waals surface area (Å²) in [6.45, 7) is 9.43. The van der Waals surface area contributed by atoms with Crippen molar-refractivity contribution < 1.29 is 6.22 Å². The Hall–Kier alpha value is 0.170. The molecule has 92 valence electrons. The number of rotatable bonds is 8.